The van der Waals surface area contributed by atoms with Crippen molar-refractivity contribution in [2.75, 3.05) is 37.7 Å². The van der Waals surface area contributed by atoms with Crippen molar-refractivity contribution in [3.8, 4) is 0 Å². The Morgan fingerprint density at radius 1 is 1.15 bits per heavy atom. The van der Waals surface area contributed by atoms with Gasteiger partial charge in [0.25, 0.3) is 5.91 Å². The zero-order chi connectivity index (χ0) is 14.1. The van der Waals surface area contributed by atoms with Gasteiger partial charge < -0.3 is 14.5 Å². The molecule has 2 amide bonds. The fourth-order valence-electron chi connectivity index (χ4n) is 2.90. The first kappa shape index (κ1) is 13.1. The van der Waals surface area contributed by atoms with Crippen molar-refractivity contribution in [1.82, 2.24) is 4.90 Å². The predicted molar refractivity (Wildman–Crippen MR) is 74.9 cm³/mol. The van der Waals surface area contributed by atoms with Crippen LogP contribution in [-0.4, -0.2) is 49.6 Å². The van der Waals surface area contributed by atoms with Crippen molar-refractivity contribution in [3.63, 3.8) is 0 Å². The molecule has 20 heavy (non-hydrogen) atoms. The van der Waals surface area contributed by atoms with Gasteiger partial charge in [0.15, 0.2) is 0 Å². The molecule has 0 unspecified atom stereocenters. The van der Waals surface area contributed by atoms with E-state index in [1.165, 1.54) is 0 Å². The number of anilines is 1. The average molecular weight is 274 g/mol. The fourth-order valence-corrected chi connectivity index (χ4v) is 2.90. The van der Waals surface area contributed by atoms with Crippen molar-refractivity contribution in [3.05, 3.63) is 29.3 Å². The Balaban J connectivity index is 1.91. The number of carbonyl (C=O) groups is 2. The first-order chi connectivity index (χ1) is 9.68. The summed E-state index contributed by atoms with van der Waals surface area (Å²) in [5, 5.41) is 0. The van der Waals surface area contributed by atoms with E-state index in [1.807, 2.05) is 23.1 Å². The number of hydrogen-bond donors (Lipinski definition) is 0. The predicted octanol–water partition coefficient (Wildman–Crippen LogP) is 1.07. The molecule has 0 spiro atoms. The van der Waals surface area contributed by atoms with Crippen LogP contribution in [0.2, 0.25) is 0 Å². The van der Waals surface area contributed by atoms with E-state index in [2.05, 4.69) is 0 Å². The van der Waals surface area contributed by atoms with Gasteiger partial charge in [-0.1, -0.05) is 6.07 Å². The quantitative estimate of drug-likeness (QED) is 0.769. The van der Waals surface area contributed by atoms with Crippen LogP contribution in [0.15, 0.2) is 18.2 Å². The van der Waals surface area contributed by atoms with Crippen molar-refractivity contribution in [2.24, 2.45) is 0 Å². The van der Waals surface area contributed by atoms with Crippen LogP contribution < -0.4 is 4.90 Å². The summed E-state index contributed by atoms with van der Waals surface area (Å²) in [5.74, 6) is 0.0790. The number of amides is 2. The molecular formula is C15H18N2O3. The van der Waals surface area contributed by atoms with Crippen molar-refractivity contribution in [1.29, 1.82) is 0 Å². The standard InChI is InChI=1S/C15H18N2O3/c1-11(18)17-6-5-12-13(3-2-4-14(12)17)15(19)16-7-9-20-10-8-16/h2-4H,5-10H2,1H3. The van der Waals surface area contributed by atoms with Crippen molar-refractivity contribution in [2.45, 2.75) is 13.3 Å². The summed E-state index contributed by atoms with van der Waals surface area (Å²) in [5.41, 5.74) is 2.61. The Kier molecular flexibility index (Phi) is 3.44. The molecule has 0 saturated carbocycles. The molecule has 106 valence electrons. The van der Waals surface area contributed by atoms with Gasteiger partial charge in [-0.3, -0.25) is 9.59 Å². The number of rotatable bonds is 1. The highest BCUT2D eigenvalue weighted by atomic mass is 16.5. The van der Waals surface area contributed by atoms with Gasteiger partial charge in [0.05, 0.1) is 13.2 Å². The topological polar surface area (TPSA) is 49.9 Å². The summed E-state index contributed by atoms with van der Waals surface area (Å²) in [6.45, 7) is 4.70. The van der Waals surface area contributed by atoms with Crippen LogP contribution in [0.3, 0.4) is 0 Å². The van der Waals surface area contributed by atoms with Gasteiger partial charge in [-0.05, 0) is 24.1 Å². The third-order valence-electron chi connectivity index (χ3n) is 3.94. The maximum atomic E-state index is 12.6. The second kappa shape index (κ2) is 5.25. The molecule has 1 aromatic rings. The SMILES string of the molecule is CC(=O)N1CCc2c(C(=O)N3CCOCC3)cccc21. The smallest absolute Gasteiger partial charge is 0.254 e. The Hall–Kier alpha value is -1.88. The van der Waals surface area contributed by atoms with E-state index in [0.29, 0.717) is 32.8 Å². The normalized spacial score (nSPS) is 18.1. The Bertz CT molecular complexity index is 550. The van der Waals surface area contributed by atoms with Gasteiger partial charge in [0, 0.05) is 37.8 Å². The van der Waals surface area contributed by atoms with Crippen LogP contribution in [0.25, 0.3) is 0 Å². The minimum Gasteiger partial charge on any atom is -0.378 e. The van der Waals surface area contributed by atoms with E-state index in [1.54, 1.807) is 11.8 Å². The van der Waals surface area contributed by atoms with Gasteiger partial charge in [-0.2, -0.15) is 0 Å². The highest BCUT2D eigenvalue weighted by molar-refractivity contribution is 6.01. The lowest BCUT2D eigenvalue weighted by atomic mass is 10.0. The zero-order valence-corrected chi connectivity index (χ0v) is 11.6. The van der Waals surface area contributed by atoms with Crippen LogP contribution in [-0.2, 0) is 16.0 Å². The summed E-state index contributed by atoms with van der Waals surface area (Å²) in [6.07, 6.45) is 0.751. The third-order valence-corrected chi connectivity index (χ3v) is 3.94. The molecular weight excluding hydrogens is 256 g/mol. The van der Waals surface area contributed by atoms with E-state index in [4.69, 9.17) is 4.74 Å². The number of benzene rings is 1. The lowest BCUT2D eigenvalue weighted by molar-refractivity contribution is -0.116. The molecule has 1 fully saturated rings. The Morgan fingerprint density at radius 3 is 2.60 bits per heavy atom. The second-order valence-electron chi connectivity index (χ2n) is 5.13. The Morgan fingerprint density at radius 2 is 1.90 bits per heavy atom. The number of nitrogens with zero attached hydrogens (tertiary/aromatic N) is 2. The molecule has 5 heteroatoms. The number of fused-ring (bicyclic) bond motifs is 1. The van der Waals surface area contributed by atoms with E-state index in [0.717, 1.165) is 23.2 Å². The molecule has 5 nitrogen and oxygen atoms in total. The minimum absolute atomic E-state index is 0.0275. The van der Waals surface area contributed by atoms with Crippen LogP contribution in [0.5, 0.6) is 0 Å². The highest BCUT2D eigenvalue weighted by Gasteiger charge is 2.28. The molecule has 0 atom stereocenters. The van der Waals surface area contributed by atoms with E-state index in [9.17, 15) is 9.59 Å². The molecule has 0 radical (unpaired) electrons. The third kappa shape index (κ3) is 2.18. The lowest BCUT2D eigenvalue weighted by Crippen LogP contribution is -2.41. The minimum atomic E-state index is 0.0275. The molecule has 2 heterocycles. The zero-order valence-electron chi connectivity index (χ0n) is 11.6. The molecule has 2 aliphatic heterocycles. The average Bonchev–Trinajstić information content (AvgIpc) is 2.91. The molecule has 0 aliphatic carbocycles. The summed E-state index contributed by atoms with van der Waals surface area (Å²) in [4.78, 5) is 27.8. The van der Waals surface area contributed by atoms with Crippen LogP contribution in [0.4, 0.5) is 5.69 Å². The summed E-state index contributed by atoms with van der Waals surface area (Å²) >= 11 is 0. The second-order valence-corrected chi connectivity index (χ2v) is 5.13. The van der Waals surface area contributed by atoms with Gasteiger partial charge in [0.2, 0.25) is 5.91 Å². The molecule has 0 N–H and O–H groups in total. The van der Waals surface area contributed by atoms with Crippen molar-refractivity contribution < 1.29 is 14.3 Å². The molecule has 0 bridgehead atoms. The monoisotopic (exact) mass is 274 g/mol. The van der Waals surface area contributed by atoms with Crippen LogP contribution in [0, 0.1) is 0 Å². The summed E-state index contributed by atoms with van der Waals surface area (Å²) < 4.78 is 5.28. The maximum Gasteiger partial charge on any atom is 0.254 e. The largest absolute Gasteiger partial charge is 0.378 e. The van der Waals surface area contributed by atoms with Gasteiger partial charge in [-0.15, -0.1) is 0 Å². The van der Waals surface area contributed by atoms with E-state index < -0.39 is 0 Å². The maximum absolute atomic E-state index is 12.6. The first-order valence-electron chi connectivity index (χ1n) is 6.95. The first-order valence-corrected chi connectivity index (χ1v) is 6.95. The molecule has 3 rings (SSSR count). The number of morpholine rings is 1. The van der Waals surface area contributed by atoms with Crippen LogP contribution >= 0.6 is 0 Å². The molecule has 1 aromatic carbocycles. The van der Waals surface area contributed by atoms with Crippen LogP contribution in [0.1, 0.15) is 22.8 Å². The van der Waals surface area contributed by atoms with Gasteiger partial charge in [0.1, 0.15) is 0 Å². The molecule has 1 saturated heterocycles. The highest BCUT2D eigenvalue weighted by Crippen LogP contribution is 2.31. The van der Waals surface area contributed by atoms with E-state index in [-0.39, 0.29) is 11.8 Å². The van der Waals surface area contributed by atoms with Gasteiger partial charge >= 0.3 is 0 Å². The number of carbonyl (C=O) groups excluding carboxylic acids is 2. The fraction of sp³-hybridized carbons (Fsp3) is 0.467. The van der Waals surface area contributed by atoms with Gasteiger partial charge in [-0.25, -0.2) is 0 Å². The Labute approximate surface area is 118 Å². The number of hydrogen-bond acceptors (Lipinski definition) is 3. The lowest BCUT2D eigenvalue weighted by Gasteiger charge is -2.27. The molecule has 0 aromatic heterocycles. The summed E-state index contributed by atoms with van der Waals surface area (Å²) in [7, 11) is 0. The van der Waals surface area contributed by atoms with E-state index >= 15 is 0 Å². The molecule has 2 aliphatic rings. The summed E-state index contributed by atoms with van der Waals surface area (Å²) in [6, 6.07) is 5.63. The number of ether oxygens (including phenoxy) is 1. The van der Waals surface area contributed by atoms with Crippen molar-refractivity contribution >= 4 is 17.5 Å².